The summed E-state index contributed by atoms with van der Waals surface area (Å²) >= 11 is 0. The minimum atomic E-state index is 0. The summed E-state index contributed by atoms with van der Waals surface area (Å²) in [6, 6.07) is 0. The van der Waals surface area contributed by atoms with Crippen LogP contribution in [-0.2, 0) is 4.79 Å². The number of halogens is 2. The van der Waals surface area contributed by atoms with Crippen molar-refractivity contribution in [2.45, 2.75) is 32.6 Å². The molecule has 7 heteroatoms. The monoisotopic (exact) mass is 382 g/mol. The van der Waals surface area contributed by atoms with Crippen molar-refractivity contribution in [3.8, 4) is 0 Å². The number of rotatable bonds is 7. The van der Waals surface area contributed by atoms with Gasteiger partial charge in [0.1, 0.15) is 0 Å². The molecule has 24 heavy (non-hydrogen) atoms. The largest absolute Gasteiger partial charge is 0.343 e. The van der Waals surface area contributed by atoms with Crippen LogP contribution in [0.15, 0.2) is 0 Å². The van der Waals surface area contributed by atoms with Crippen LogP contribution in [0.25, 0.3) is 0 Å². The van der Waals surface area contributed by atoms with E-state index in [1.54, 1.807) is 0 Å². The molecule has 0 bridgehead atoms. The Morgan fingerprint density at radius 2 is 1.58 bits per heavy atom. The van der Waals surface area contributed by atoms with Gasteiger partial charge in [-0.2, -0.15) is 0 Å². The zero-order chi connectivity index (χ0) is 15.8. The number of piperidine rings is 1. The molecule has 1 amide bonds. The van der Waals surface area contributed by atoms with E-state index in [9.17, 15) is 4.79 Å². The quantitative estimate of drug-likeness (QED) is 0.727. The lowest BCUT2D eigenvalue weighted by Crippen LogP contribution is -2.47. The van der Waals surface area contributed by atoms with E-state index < -0.39 is 0 Å². The van der Waals surface area contributed by atoms with Gasteiger partial charge < -0.3 is 20.0 Å². The van der Waals surface area contributed by atoms with E-state index in [0.717, 1.165) is 64.8 Å². The van der Waals surface area contributed by atoms with Crippen LogP contribution in [0, 0.1) is 5.92 Å². The van der Waals surface area contributed by atoms with Crippen LogP contribution in [0.1, 0.15) is 32.6 Å². The molecule has 2 fully saturated rings. The maximum Gasteiger partial charge on any atom is 0.223 e. The Kier molecular flexibility index (Phi) is 13.1. The van der Waals surface area contributed by atoms with Crippen molar-refractivity contribution in [2.75, 3.05) is 66.0 Å². The van der Waals surface area contributed by atoms with Crippen LogP contribution in [0.2, 0.25) is 0 Å². The molecule has 2 rings (SSSR count). The summed E-state index contributed by atoms with van der Waals surface area (Å²) < 4.78 is 0. The number of carbonyl (C=O) groups excluding carboxylic acids is 1. The van der Waals surface area contributed by atoms with Gasteiger partial charge in [-0.15, -0.1) is 24.8 Å². The molecule has 0 aliphatic carbocycles. The molecule has 0 radical (unpaired) electrons. The molecule has 0 aromatic carbocycles. The Morgan fingerprint density at radius 1 is 1.00 bits per heavy atom. The standard InChI is InChI=1S/C17H34N4O.2ClH/c1-3-19-12-14-20(15-13-19)9-7-17(22)21-10-5-16(6-11-21)4-8-18-2;;/h16,18H,3-15H2,1-2H3;2*1H. The molecule has 0 unspecified atom stereocenters. The fourth-order valence-electron chi connectivity index (χ4n) is 3.56. The van der Waals surface area contributed by atoms with Crippen molar-refractivity contribution >= 4 is 30.7 Å². The van der Waals surface area contributed by atoms with Gasteiger partial charge in [0.25, 0.3) is 0 Å². The number of likely N-dealkylation sites (tertiary alicyclic amines) is 1. The van der Waals surface area contributed by atoms with E-state index >= 15 is 0 Å². The third-order valence-corrected chi connectivity index (χ3v) is 5.32. The van der Waals surface area contributed by atoms with Gasteiger partial charge in [-0.3, -0.25) is 4.79 Å². The number of nitrogens with zero attached hydrogens (tertiary/aromatic N) is 3. The van der Waals surface area contributed by atoms with Gasteiger partial charge in [-0.05, 0) is 45.3 Å². The Bertz CT molecular complexity index is 331. The molecule has 0 saturated carbocycles. The lowest BCUT2D eigenvalue weighted by Gasteiger charge is -2.35. The topological polar surface area (TPSA) is 38.8 Å². The maximum absolute atomic E-state index is 12.4. The molecule has 0 aromatic heterocycles. The van der Waals surface area contributed by atoms with Gasteiger partial charge in [0.15, 0.2) is 0 Å². The third kappa shape index (κ3) is 7.87. The van der Waals surface area contributed by atoms with Crippen molar-refractivity contribution in [3.63, 3.8) is 0 Å². The van der Waals surface area contributed by atoms with E-state index in [2.05, 4.69) is 26.9 Å². The smallest absolute Gasteiger partial charge is 0.223 e. The highest BCUT2D eigenvalue weighted by Gasteiger charge is 2.23. The second-order valence-corrected chi connectivity index (χ2v) is 6.74. The fraction of sp³-hybridized carbons (Fsp3) is 0.941. The van der Waals surface area contributed by atoms with Crippen LogP contribution >= 0.6 is 24.8 Å². The molecular weight excluding hydrogens is 347 g/mol. The number of hydrogen-bond donors (Lipinski definition) is 1. The van der Waals surface area contributed by atoms with E-state index in [0.29, 0.717) is 12.3 Å². The summed E-state index contributed by atoms with van der Waals surface area (Å²) in [5.41, 5.74) is 0. The number of carbonyl (C=O) groups is 1. The molecule has 2 aliphatic rings. The van der Waals surface area contributed by atoms with Gasteiger partial charge in [0.05, 0.1) is 0 Å². The molecule has 2 heterocycles. The van der Waals surface area contributed by atoms with Gasteiger partial charge in [-0.1, -0.05) is 6.92 Å². The van der Waals surface area contributed by atoms with Crippen molar-refractivity contribution in [3.05, 3.63) is 0 Å². The first kappa shape index (κ1) is 23.9. The van der Waals surface area contributed by atoms with Crippen LogP contribution in [0.3, 0.4) is 0 Å². The first-order chi connectivity index (χ1) is 10.7. The van der Waals surface area contributed by atoms with Crippen molar-refractivity contribution < 1.29 is 4.79 Å². The molecule has 144 valence electrons. The first-order valence-corrected chi connectivity index (χ1v) is 9.10. The minimum Gasteiger partial charge on any atom is -0.343 e. The lowest BCUT2D eigenvalue weighted by molar-refractivity contribution is -0.133. The van der Waals surface area contributed by atoms with Crippen molar-refractivity contribution in [2.24, 2.45) is 5.92 Å². The number of nitrogens with one attached hydrogen (secondary N) is 1. The maximum atomic E-state index is 12.4. The summed E-state index contributed by atoms with van der Waals surface area (Å²) in [5.74, 6) is 1.17. The molecule has 0 aromatic rings. The normalized spacial score (nSPS) is 20.3. The predicted molar refractivity (Wildman–Crippen MR) is 106 cm³/mol. The Labute approximate surface area is 160 Å². The van der Waals surface area contributed by atoms with Gasteiger partial charge >= 0.3 is 0 Å². The van der Waals surface area contributed by atoms with E-state index in [1.165, 1.54) is 19.3 Å². The second kappa shape index (κ2) is 13.2. The van der Waals surface area contributed by atoms with E-state index in [4.69, 9.17) is 0 Å². The van der Waals surface area contributed by atoms with Gasteiger partial charge in [0, 0.05) is 52.2 Å². The SMILES string of the molecule is CCN1CCN(CCC(=O)N2CCC(CCNC)CC2)CC1.Cl.Cl. The van der Waals surface area contributed by atoms with E-state index in [1.807, 2.05) is 7.05 Å². The molecule has 2 aliphatic heterocycles. The number of amides is 1. The highest BCUT2D eigenvalue weighted by atomic mass is 35.5. The van der Waals surface area contributed by atoms with Crippen LogP contribution < -0.4 is 5.32 Å². The fourth-order valence-corrected chi connectivity index (χ4v) is 3.56. The van der Waals surface area contributed by atoms with Gasteiger partial charge in [0.2, 0.25) is 5.91 Å². The molecule has 2 saturated heterocycles. The van der Waals surface area contributed by atoms with Crippen LogP contribution in [-0.4, -0.2) is 86.6 Å². The summed E-state index contributed by atoms with van der Waals surface area (Å²) in [4.78, 5) is 19.4. The molecule has 5 nitrogen and oxygen atoms in total. The average molecular weight is 383 g/mol. The second-order valence-electron chi connectivity index (χ2n) is 6.74. The summed E-state index contributed by atoms with van der Waals surface area (Å²) in [7, 11) is 2.01. The van der Waals surface area contributed by atoms with E-state index in [-0.39, 0.29) is 24.8 Å². The minimum absolute atomic E-state index is 0. The zero-order valence-electron chi connectivity index (χ0n) is 15.3. The third-order valence-electron chi connectivity index (χ3n) is 5.32. The van der Waals surface area contributed by atoms with Crippen LogP contribution in [0.5, 0.6) is 0 Å². The summed E-state index contributed by atoms with van der Waals surface area (Å²) in [5, 5.41) is 3.22. The van der Waals surface area contributed by atoms with Gasteiger partial charge in [-0.25, -0.2) is 0 Å². The number of hydrogen-bond acceptors (Lipinski definition) is 4. The Balaban J connectivity index is 0.00000264. The number of likely N-dealkylation sites (N-methyl/N-ethyl adjacent to an activating group) is 1. The lowest BCUT2D eigenvalue weighted by atomic mass is 9.93. The molecule has 1 N–H and O–H groups in total. The predicted octanol–water partition coefficient (Wildman–Crippen LogP) is 1.71. The Hall–Kier alpha value is -0.0700. The zero-order valence-corrected chi connectivity index (χ0v) is 17.0. The first-order valence-electron chi connectivity index (χ1n) is 9.10. The van der Waals surface area contributed by atoms with Crippen molar-refractivity contribution in [1.82, 2.24) is 20.0 Å². The number of piperazine rings is 1. The average Bonchev–Trinajstić information content (AvgIpc) is 2.58. The summed E-state index contributed by atoms with van der Waals surface area (Å²) in [6.45, 7) is 11.9. The summed E-state index contributed by atoms with van der Waals surface area (Å²) in [6.07, 6.45) is 4.32. The van der Waals surface area contributed by atoms with Crippen molar-refractivity contribution in [1.29, 1.82) is 0 Å². The molecule has 0 spiro atoms. The Morgan fingerprint density at radius 3 is 2.12 bits per heavy atom. The molecule has 0 atom stereocenters. The van der Waals surface area contributed by atoms with Crippen LogP contribution in [0.4, 0.5) is 0 Å². The highest BCUT2D eigenvalue weighted by Crippen LogP contribution is 2.20. The molecular formula is C17H36Cl2N4O. The highest BCUT2D eigenvalue weighted by molar-refractivity contribution is 5.85.